The summed E-state index contributed by atoms with van der Waals surface area (Å²) in [6.07, 6.45) is 0. The molecule has 0 bridgehead atoms. The standard InChI is InChI=1S/C36H19NO2S/c1-2-7-22(8-3-1)37-25-10-5-4-9-23(25)24-17-20(13-14-26(24)37)21-18-30-34-32(19-21)40-31-16-15-29-35(36(31)34)33-27(38-29)11-6-12-28(33)39-30/h1-19H. The minimum atomic E-state index is 0.852. The van der Waals surface area contributed by atoms with Crippen molar-refractivity contribution in [2.24, 2.45) is 0 Å². The summed E-state index contributed by atoms with van der Waals surface area (Å²) in [5.74, 6) is 0. The molecule has 4 heterocycles. The molecule has 0 unspecified atom stereocenters. The van der Waals surface area contributed by atoms with Crippen molar-refractivity contribution in [1.82, 2.24) is 4.57 Å². The van der Waals surface area contributed by atoms with Gasteiger partial charge < -0.3 is 13.4 Å². The van der Waals surface area contributed by atoms with Gasteiger partial charge in [-0.2, -0.15) is 0 Å². The Hall–Kier alpha value is -5.06. The maximum atomic E-state index is 6.70. The van der Waals surface area contributed by atoms with E-state index in [1.165, 1.54) is 53.2 Å². The van der Waals surface area contributed by atoms with E-state index in [0.717, 1.165) is 38.7 Å². The second-order valence-corrected chi connectivity index (χ2v) is 11.6. The average molecular weight is 530 g/mol. The maximum absolute atomic E-state index is 6.70. The number of hydrogen-bond donors (Lipinski definition) is 0. The van der Waals surface area contributed by atoms with Crippen LogP contribution in [0.25, 0.3) is 91.9 Å². The number of thiophene rings is 1. The molecule has 0 saturated carbocycles. The SMILES string of the molecule is c1ccc(-n2c3ccccc3c3cc(-c4cc5oc6cccc7oc8ccc9sc(c4)c5c9c8c67)ccc32)cc1. The molecule has 0 spiro atoms. The lowest BCUT2D eigenvalue weighted by Gasteiger charge is -2.08. The van der Waals surface area contributed by atoms with Crippen LogP contribution in [0.3, 0.4) is 0 Å². The first-order chi connectivity index (χ1) is 19.8. The first kappa shape index (κ1) is 20.8. The zero-order chi connectivity index (χ0) is 25.9. The van der Waals surface area contributed by atoms with Gasteiger partial charge in [0.15, 0.2) is 0 Å². The monoisotopic (exact) mass is 529 g/mol. The molecule has 4 aromatic heterocycles. The molecule has 0 N–H and O–H groups in total. The number of fused-ring (bicyclic) bond motifs is 3. The van der Waals surface area contributed by atoms with Crippen molar-refractivity contribution >= 4 is 86.4 Å². The van der Waals surface area contributed by atoms with Crippen molar-refractivity contribution in [3.05, 3.63) is 115 Å². The quantitative estimate of drug-likeness (QED) is 0.223. The number of furan rings is 1. The van der Waals surface area contributed by atoms with E-state index in [1.54, 1.807) is 0 Å². The van der Waals surface area contributed by atoms with Crippen molar-refractivity contribution in [3.63, 3.8) is 0 Å². The van der Waals surface area contributed by atoms with Gasteiger partial charge in [-0.3, -0.25) is 0 Å². The summed E-state index contributed by atoms with van der Waals surface area (Å²) in [5.41, 5.74) is 9.45. The Balaban J connectivity index is 1.29. The van der Waals surface area contributed by atoms with Crippen molar-refractivity contribution in [2.75, 3.05) is 0 Å². The normalized spacial score (nSPS) is 12.5. The molecule has 0 atom stereocenters. The number of rotatable bonds is 2. The Morgan fingerprint density at radius 2 is 1.23 bits per heavy atom. The fraction of sp³-hybridized carbons (Fsp3) is 0. The third-order valence-corrected chi connectivity index (χ3v) is 9.46. The summed E-state index contributed by atoms with van der Waals surface area (Å²) in [4.78, 5) is 0. The Bertz CT molecular complexity index is 2590. The van der Waals surface area contributed by atoms with E-state index in [9.17, 15) is 0 Å². The van der Waals surface area contributed by atoms with Gasteiger partial charge in [0.1, 0.15) is 22.3 Å². The molecule has 40 heavy (non-hydrogen) atoms. The van der Waals surface area contributed by atoms with Crippen LogP contribution in [0.4, 0.5) is 0 Å². The van der Waals surface area contributed by atoms with E-state index in [-0.39, 0.29) is 0 Å². The van der Waals surface area contributed by atoms with Gasteiger partial charge in [0.2, 0.25) is 0 Å². The molecule has 10 aromatic rings. The van der Waals surface area contributed by atoms with E-state index < -0.39 is 0 Å². The molecule has 0 radical (unpaired) electrons. The molecule has 0 amide bonds. The highest BCUT2D eigenvalue weighted by Crippen LogP contribution is 2.48. The lowest BCUT2D eigenvalue weighted by Crippen LogP contribution is -1.92. The van der Waals surface area contributed by atoms with Crippen LogP contribution in [0.5, 0.6) is 0 Å². The van der Waals surface area contributed by atoms with Crippen LogP contribution < -0.4 is 0 Å². The minimum absolute atomic E-state index is 0.852. The molecule has 6 aromatic carbocycles. The number of hydrogen-bond acceptors (Lipinski definition) is 3. The molecule has 10 rings (SSSR count). The molecule has 0 aliphatic carbocycles. The molecule has 0 aliphatic heterocycles. The molecule has 3 nitrogen and oxygen atoms in total. The van der Waals surface area contributed by atoms with Gasteiger partial charge in [0.25, 0.3) is 0 Å². The highest BCUT2D eigenvalue weighted by atomic mass is 32.1. The fourth-order valence-corrected chi connectivity index (χ4v) is 7.86. The Labute approximate surface area is 231 Å². The Morgan fingerprint density at radius 3 is 2.12 bits per heavy atom. The summed E-state index contributed by atoms with van der Waals surface area (Å²) >= 11 is 1.82. The number of aromatic nitrogens is 1. The summed E-state index contributed by atoms with van der Waals surface area (Å²) in [6.45, 7) is 0. The van der Waals surface area contributed by atoms with Crippen LogP contribution in [0.2, 0.25) is 0 Å². The predicted octanol–water partition coefficient (Wildman–Crippen LogP) is 10.9. The third kappa shape index (κ3) is 2.59. The van der Waals surface area contributed by atoms with E-state index in [4.69, 9.17) is 8.83 Å². The Morgan fingerprint density at radius 1 is 0.450 bits per heavy atom. The van der Waals surface area contributed by atoms with Gasteiger partial charge in [-0.25, -0.2) is 0 Å². The maximum Gasteiger partial charge on any atom is 0.139 e. The van der Waals surface area contributed by atoms with E-state index in [1.807, 2.05) is 23.5 Å². The molecule has 4 heteroatoms. The zero-order valence-electron chi connectivity index (χ0n) is 21.1. The molecular formula is C36H19NO2S. The van der Waals surface area contributed by atoms with Gasteiger partial charge in [-0.15, -0.1) is 11.3 Å². The van der Waals surface area contributed by atoms with Crippen molar-refractivity contribution in [3.8, 4) is 16.8 Å². The largest absolute Gasteiger partial charge is 0.456 e. The molecule has 0 fully saturated rings. The third-order valence-electron chi connectivity index (χ3n) is 8.36. The average Bonchev–Trinajstić information content (AvgIpc) is 3.63. The van der Waals surface area contributed by atoms with Gasteiger partial charge >= 0.3 is 0 Å². The summed E-state index contributed by atoms with van der Waals surface area (Å²) in [6, 6.07) is 41.0. The smallest absolute Gasteiger partial charge is 0.139 e. The van der Waals surface area contributed by atoms with Crippen LogP contribution in [-0.4, -0.2) is 4.57 Å². The van der Waals surface area contributed by atoms with Gasteiger partial charge in [0, 0.05) is 42.0 Å². The van der Waals surface area contributed by atoms with Crippen LogP contribution in [-0.2, 0) is 0 Å². The summed E-state index contributed by atoms with van der Waals surface area (Å²) in [7, 11) is 0. The van der Waals surface area contributed by atoms with Gasteiger partial charge in [-0.1, -0.05) is 48.5 Å². The fourth-order valence-electron chi connectivity index (χ4n) is 6.69. The van der Waals surface area contributed by atoms with Crippen LogP contribution in [0.15, 0.2) is 124 Å². The van der Waals surface area contributed by atoms with Crippen molar-refractivity contribution < 1.29 is 8.83 Å². The summed E-state index contributed by atoms with van der Waals surface area (Å²) < 4.78 is 17.7. The lowest BCUT2D eigenvalue weighted by atomic mass is 10.00. The molecular weight excluding hydrogens is 510 g/mol. The van der Waals surface area contributed by atoms with Crippen molar-refractivity contribution in [1.29, 1.82) is 0 Å². The lowest BCUT2D eigenvalue weighted by molar-refractivity contribution is 0.657. The number of para-hydroxylation sites is 2. The van der Waals surface area contributed by atoms with Crippen LogP contribution >= 0.6 is 11.3 Å². The highest BCUT2D eigenvalue weighted by Gasteiger charge is 2.21. The summed E-state index contributed by atoms with van der Waals surface area (Å²) in [5, 5.41) is 7.14. The van der Waals surface area contributed by atoms with Gasteiger partial charge in [0.05, 0.1) is 16.4 Å². The molecule has 186 valence electrons. The molecule has 0 saturated heterocycles. The van der Waals surface area contributed by atoms with Gasteiger partial charge in [-0.05, 0) is 77.9 Å². The van der Waals surface area contributed by atoms with E-state index in [0.29, 0.717) is 0 Å². The van der Waals surface area contributed by atoms with Crippen LogP contribution in [0, 0.1) is 0 Å². The first-order valence-corrected chi connectivity index (χ1v) is 14.2. The molecule has 0 aliphatic rings. The predicted molar refractivity (Wildman–Crippen MR) is 167 cm³/mol. The topological polar surface area (TPSA) is 31.2 Å². The zero-order valence-corrected chi connectivity index (χ0v) is 22.0. The van der Waals surface area contributed by atoms with E-state index >= 15 is 0 Å². The second kappa shape index (κ2) is 7.32. The first-order valence-electron chi connectivity index (χ1n) is 13.4. The highest BCUT2D eigenvalue weighted by molar-refractivity contribution is 7.26. The van der Waals surface area contributed by atoms with E-state index in [2.05, 4.69) is 108 Å². The Kier molecular flexibility index (Phi) is 3.81. The second-order valence-electron chi connectivity index (χ2n) is 10.5. The minimum Gasteiger partial charge on any atom is -0.456 e. The number of benzene rings is 6. The number of nitrogens with zero attached hydrogens (tertiary/aromatic N) is 1. The van der Waals surface area contributed by atoms with Crippen molar-refractivity contribution in [2.45, 2.75) is 0 Å². The van der Waals surface area contributed by atoms with Crippen LogP contribution in [0.1, 0.15) is 0 Å².